The summed E-state index contributed by atoms with van der Waals surface area (Å²) in [6.45, 7) is 7.88. The van der Waals surface area contributed by atoms with Crippen LogP contribution in [0.25, 0.3) is 22.8 Å². The SMILES string of the molecule is C=CC(NCCCC)S(=O)(=O)NC(=O)/C=C/c1c(C)nn(C)c1-n1cc(Cl)c2ccccc21. The molecule has 0 aliphatic rings. The van der Waals surface area contributed by atoms with Crippen molar-refractivity contribution in [3.63, 3.8) is 0 Å². The van der Waals surface area contributed by atoms with Crippen LogP contribution in [0.3, 0.4) is 0 Å². The van der Waals surface area contributed by atoms with E-state index in [0.29, 0.717) is 28.6 Å². The summed E-state index contributed by atoms with van der Waals surface area (Å²) in [7, 11) is -2.18. The number of carbonyl (C=O) groups excluding carboxylic acids is 1. The molecule has 2 aromatic heterocycles. The quantitative estimate of drug-likeness (QED) is 0.257. The number of para-hydroxylation sites is 1. The Kier molecular flexibility index (Phi) is 7.78. The summed E-state index contributed by atoms with van der Waals surface area (Å²) in [5, 5.41) is 7.76. The molecule has 8 nitrogen and oxygen atoms in total. The number of amides is 1. The summed E-state index contributed by atoms with van der Waals surface area (Å²) in [4.78, 5) is 12.5. The van der Waals surface area contributed by atoms with Crippen molar-refractivity contribution >= 4 is 44.5 Å². The molecule has 0 aliphatic heterocycles. The highest BCUT2D eigenvalue weighted by Crippen LogP contribution is 2.30. The van der Waals surface area contributed by atoms with E-state index >= 15 is 0 Å². The number of aromatic nitrogens is 3. The van der Waals surface area contributed by atoms with Gasteiger partial charge in [-0.3, -0.25) is 19.4 Å². The van der Waals surface area contributed by atoms with Crippen molar-refractivity contribution in [2.75, 3.05) is 6.54 Å². The van der Waals surface area contributed by atoms with Gasteiger partial charge in [0, 0.05) is 30.3 Å². The van der Waals surface area contributed by atoms with E-state index in [1.165, 1.54) is 12.2 Å². The monoisotopic (exact) mass is 489 g/mol. The zero-order valence-electron chi connectivity index (χ0n) is 18.9. The van der Waals surface area contributed by atoms with Crippen molar-refractivity contribution < 1.29 is 13.2 Å². The molecule has 1 atom stereocenters. The Hall–Kier alpha value is -2.88. The fourth-order valence-corrected chi connectivity index (χ4v) is 4.92. The molecule has 3 rings (SSSR count). The Balaban J connectivity index is 1.88. The standard InChI is InChI=1S/C23H28ClN5O3S/c1-5-7-14-25-22(6-2)33(31,32)27-21(30)13-12-17-16(3)26-28(4)23(17)29-15-19(24)18-10-8-9-11-20(18)29/h6,8-13,15,22,25H,2,5,7,14H2,1,3-4H3,(H,27,30)/b13-12+. The van der Waals surface area contributed by atoms with E-state index < -0.39 is 21.3 Å². The van der Waals surface area contributed by atoms with Crippen molar-refractivity contribution in [1.82, 2.24) is 24.4 Å². The van der Waals surface area contributed by atoms with E-state index in [2.05, 4.69) is 21.7 Å². The van der Waals surface area contributed by atoms with Crippen LogP contribution in [0.1, 0.15) is 31.0 Å². The molecule has 176 valence electrons. The summed E-state index contributed by atoms with van der Waals surface area (Å²) in [5.74, 6) is -0.0588. The lowest BCUT2D eigenvalue weighted by Crippen LogP contribution is -2.44. The summed E-state index contributed by atoms with van der Waals surface area (Å²) < 4.78 is 30.8. The lowest BCUT2D eigenvalue weighted by molar-refractivity contribution is -0.114. The van der Waals surface area contributed by atoms with Crippen LogP contribution in [0.15, 0.2) is 49.2 Å². The largest absolute Gasteiger partial charge is 0.299 e. The minimum atomic E-state index is -3.97. The molecule has 0 saturated heterocycles. The summed E-state index contributed by atoms with van der Waals surface area (Å²) in [5.41, 5.74) is 2.24. The first-order valence-corrected chi connectivity index (χ1v) is 12.5. The molecule has 0 radical (unpaired) electrons. The highest BCUT2D eigenvalue weighted by molar-refractivity contribution is 7.90. The van der Waals surface area contributed by atoms with Crippen LogP contribution in [0.5, 0.6) is 0 Å². The van der Waals surface area contributed by atoms with Crippen molar-refractivity contribution in [2.24, 2.45) is 7.05 Å². The number of halogens is 1. The highest BCUT2D eigenvalue weighted by atomic mass is 35.5. The molecule has 0 fully saturated rings. The van der Waals surface area contributed by atoms with E-state index in [-0.39, 0.29) is 0 Å². The third-order valence-electron chi connectivity index (χ3n) is 5.20. The van der Waals surface area contributed by atoms with Gasteiger partial charge < -0.3 is 0 Å². The highest BCUT2D eigenvalue weighted by Gasteiger charge is 2.23. The van der Waals surface area contributed by atoms with Gasteiger partial charge in [0.15, 0.2) is 0 Å². The third-order valence-corrected chi connectivity index (χ3v) is 7.01. The van der Waals surface area contributed by atoms with Gasteiger partial charge in [-0.05, 0) is 32.0 Å². The summed E-state index contributed by atoms with van der Waals surface area (Å²) >= 11 is 6.41. The van der Waals surface area contributed by atoms with Crippen molar-refractivity contribution in [3.8, 4) is 5.82 Å². The summed E-state index contributed by atoms with van der Waals surface area (Å²) in [6.07, 6.45) is 7.53. The number of rotatable bonds is 10. The molecule has 1 unspecified atom stereocenters. The molecular formula is C23H28ClN5O3S. The number of fused-ring (bicyclic) bond motifs is 1. The van der Waals surface area contributed by atoms with Crippen molar-refractivity contribution in [2.45, 2.75) is 32.1 Å². The van der Waals surface area contributed by atoms with Crippen LogP contribution in [-0.4, -0.2) is 40.6 Å². The Labute approximate surface area is 199 Å². The summed E-state index contributed by atoms with van der Waals surface area (Å²) in [6, 6.07) is 7.69. The maximum Gasteiger partial charge on any atom is 0.257 e. The predicted molar refractivity (Wildman–Crippen MR) is 133 cm³/mol. The number of sulfonamides is 1. The van der Waals surface area contributed by atoms with Gasteiger partial charge in [0.1, 0.15) is 11.2 Å². The minimum Gasteiger partial charge on any atom is -0.299 e. The Morgan fingerprint density at radius 1 is 1.33 bits per heavy atom. The van der Waals surface area contributed by atoms with Gasteiger partial charge in [-0.25, -0.2) is 13.1 Å². The second-order valence-electron chi connectivity index (χ2n) is 7.62. The van der Waals surface area contributed by atoms with Crippen LogP contribution in [0.2, 0.25) is 5.02 Å². The fourth-order valence-electron chi connectivity index (χ4n) is 3.59. The molecule has 2 N–H and O–H groups in total. The second kappa shape index (κ2) is 10.4. The van der Waals surface area contributed by atoms with Gasteiger partial charge >= 0.3 is 0 Å². The molecule has 33 heavy (non-hydrogen) atoms. The molecular weight excluding hydrogens is 462 g/mol. The van der Waals surface area contributed by atoms with E-state index in [0.717, 1.165) is 23.7 Å². The second-order valence-corrected chi connectivity index (χ2v) is 9.83. The van der Waals surface area contributed by atoms with Gasteiger partial charge in [-0.2, -0.15) is 5.10 Å². The molecule has 3 aromatic rings. The lowest BCUT2D eigenvalue weighted by atomic mass is 10.2. The third kappa shape index (κ3) is 5.38. The smallest absolute Gasteiger partial charge is 0.257 e. The molecule has 0 aliphatic carbocycles. The Bertz CT molecular complexity index is 1310. The van der Waals surface area contributed by atoms with Crippen LogP contribution in [0, 0.1) is 6.92 Å². The average molecular weight is 490 g/mol. The number of hydrogen-bond donors (Lipinski definition) is 2. The van der Waals surface area contributed by atoms with E-state index in [1.54, 1.807) is 24.0 Å². The lowest BCUT2D eigenvalue weighted by Gasteiger charge is -2.15. The Morgan fingerprint density at radius 2 is 2.06 bits per heavy atom. The van der Waals surface area contributed by atoms with Crippen LogP contribution in [-0.2, 0) is 21.9 Å². The Morgan fingerprint density at radius 3 is 2.76 bits per heavy atom. The number of carbonyl (C=O) groups is 1. The van der Waals surface area contributed by atoms with Gasteiger partial charge in [-0.15, -0.1) is 6.58 Å². The van der Waals surface area contributed by atoms with Crippen LogP contribution in [0.4, 0.5) is 0 Å². The molecule has 0 bridgehead atoms. The average Bonchev–Trinajstić information content (AvgIpc) is 3.24. The van der Waals surface area contributed by atoms with Crippen LogP contribution >= 0.6 is 11.6 Å². The predicted octanol–water partition coefficient (Wildman–Crippen LogP) is 3.69. The van der Waals surface area contributed by atoms with Crippen molar-refractivity contribution in [3.05, 3.63) is 65.5 Å². The van der Waals surface area contributed by atoms with Gasteiger partial charge in [0.2, 0.25) is 0 Å². The maximum atomic E-state index is 12.6. The topological polar surface area (TPSA) is 98.0 Å². The number of nitrogens with one attached hydrogen (secondary N) is 2. The van der Waals surface area contributed by atoms with E-state index in [9.17, 15) is 13.2 Å². The number of hydrogen-bond acceptors (Lipinski definition) is 5. The first-order chi connectivity index (χ1) is 15.7. The number of benzene rings is 1. The molecule has 1 amide bonds. The van der Waals surface area contributed by atoms with E-state index in [4.69, 9.17) is 11.6 Å². The fraction of sp³-hybridized carbons (Fsp3) is 0.304. The van der Waals surface area contributed by atoms with Crippen molar-refractivity contribution in [1.29, 1.82) is 0 Å². The number of nitrogens with zero attached hydrogens (tertiary/aromatic N) is 3. The molecule has 2 heterocycles. The zero-order valence-corrected chi connectivity index (χ0v) is 20.4. The number of unbranched alkanes of at least 4 members (excludes halogenated alkanes) is 1. The number of aryl methyl sites for hydroxylation is 2. The molecule has 1 aromatic carbocycles. The molecule has 0 spiro atoms. The normalized spacial score (nSPS) is 13.0. The van der Waals surface area contributed by atoms with Gasteiger partial charge in [0.05, 0.1) is 16.2 Å². The first kappa shape index (κ1) is 24.8. The van der Waals surface area contributed by atoms with Gasteiger partial charge in [-0.1, -0.05) is 49.2 Å². The van der Waals surface area contributed by atoms with Crippen LogP contribution < -0.4 is 10.0 Å². The van der Waals surface area contributed by atoms with Gasteiger partial charge in [0.25, 0.3) is 15.9 Å². The zero-order chi connectivity index (χ0) is 24.2. The maximum absolute atomic E-state index is 12.6. The molecule has 0 saturated carbocycles. The molecule has 10 heteroatoms. The minimum absolute atomic E-state index is 0.504. The van der Waals surface area contributed by atoms with E-state index in [1.807, 2.05) is 42.7 Å². The first-order valence-electron chi connectivity index (χ1n) is 10.6.